The minimum Gasteiger partial charge on any atom is -0.481 e. The highest BCUT2D eigenvalue weighted by molar-refractivity contribution is 6.29. The van der Waals surface area contributed by atoms with Crippen molar-refractivity contribution in [1.29, 1.82) is 0 Å². The minimum atomic E-state index is -0.759. The second kappa shape index (κ2) is 10.3. The molecule has 1 aromatic carbocycles. The number of hydrogen-bond donors (Lipinski definition) is 2. The molecule has 8 rings (SSSR count). The van der Waals surface area contributed by atoms with Gasteiger partial charge >= 0.3 is 5.97 Å². The molecule has 4 fully saturated rings. The van der Waals surface area contributed by atoms with Crippen LogP contribution in [-0.4, -0.2) is 73.2 Å². The number of anilines is 2. The van der Waals surface area contributed by atoms with Crippen LogP contribution < -0.4 is 9.91 Å². The van der Waals surface area contributed by atoms with Crippen molar-refractivity contribution in [3.8, 4) is 0 Å². The van der Waals surface area contributed by atoms with Crippen LogP contribution in [0.4, 0.5) is 11.5 Å². The van der Waals surface area contributed by atoms with E-state index in [4.69, 9.17) is 11.6 Å². The van der Waals surface area contributed by atoms with E-state index in [1.165, 1.54) is 11.9 Å². The number of carboxylic acid groups (broad SMARTS) is 1. The average molecular weight is 559 g/mol. The number of hydrazine groups is 1. The van der Waals surface area contributed by atoms with Crippen molar-refractivity contribution >= 4 is 40.2 Å². The van der Waals surface area contributed by atoms with Gasteiger partial charge in [-0.25, -0.2) is 24.9 Å². The zero-order valence-corrected chi connectivity index (χ0v) is 22.7. The lowest BCUT2D eigenvalue weighted by Crippen LogP contribution is -2.63. The lowest BCUT2D eigenvalue weighted by molar-refractivity contribution is -0.150. The van der Waals surface area contributed by atoms with Crippen LogP contribution in [-0.2, 0) is 4.79 Å². The van der Waals surface area contributed by atoms with Crippen LogP contribution >= 0.6 is 11.6 Å². The number of fused-ring (bicyclic) bond motifs is 4. The number of halogens is 1. The molecule has 2 N–H and O–H groups in total. The first-order chi connectivity index (χ1) is 19.6. The molecule has 1 saturated heterocycles. The van der Waals surface area contributed by atoms with Gasteiger partial charge in [-0.05, 0) is 43.2 Å². The van der Waals surface area contributed by atoms with Gasteiger partial charge in [0.25, 0.3) is 0 Å². The molecule has 3 unspecified atom stereocenters. The highest BCUT2D eigenvalue weighted by atomic mass is 35.5. The fourth-order valence-electron chi connectivity index (χ4n) is 7.47. The number of carboxylic acids is 1. The third kappa shape index (κ3) is 4.35. The Hall–Kier alpha value is -3.76. The van der Waals surface area contributed by atoms with E-state index in [1.54, 1.807) is 12.5 Å². The van der Waals surface area contributed by atoms with Crippen LogP contribution in [0.1, 0.15) is 30.7 Å². The van der Waals surface area contributed by atoms with Gasteiger partial charge in [-0.1, -0.05) is 29.8 Å². The molecule has 2 bridgehead atoms. The summed E-state index contributed by atoms with van der Waals surface area (Å²) >= 11 is 6.20. The second-order valence-electron chi connectivity index (χ2n) is 11.0. The van der Waals surface area contributed by atoms with Gasteiger partial charge in [0.05, 0.1) is 18.2 Å². The Morgan fingerprint density at radius 1 is 1.07 bits per heavy atom. The van der Waals surface area contributed by atoms with Gasteiger partial charge in [-0.3, -0.25) is 9.80 Å². The highest BCUT2D eigenvalue weighted by Crippen LogP contribution is 2.56. The first kappa shape index (κ1) is 25.2. The minimum absolute atomic E-state index is 0.0224. The lowest BCUT2D eigenvalue weighted by atomic mass is 9.55. The summed E-state index contributed by atoms with van der Waals surface area (Å²) in [7, 11) is 0. The number of piperazine rings is 1. The highest BCUT2D eigenvalue weighted by Gasteiger charge is 2.55. The first-order valence-corrected chi connectivity index (χ1v) is 14.3. The van der Waals surface area contributed by atoms with Crippen LogP contribution in [0.25, 0.3) is 11.2 Å². The smallest absolute Gasteiger partial charge is 0.307 e. The average Bonchev–Trinajstić information content (AvgIpc) is 3.41. The van der Waals surface area contributed by atoms with E-state index in [-0.39, 0.29) is 23.8 Å². The molecule has 11 heteroatoms. The summed E-state index contributed by atoms with van der Waals surface area (Å²) in [5, 5.41) is 15.6. The summed E-state index contributed by atoms with van der Waals surface area (Å²) < 4.78 is 0. The number of para-hydroxylation sites is 1. The molecule has 0 amide bonds. The number of rotatable bonds is 6. The first-order valence-electron chi connectivity index (χ1n) is 13.9. The quantitative estimate of drug-likeness (QED) is 0.359. The Kier molecular flexibility index (Phi) is 6.51. The van der Waals surface area contributed by atoms with Gasteiger partial charge in [0, 0.05) is 61.8 Å². The number of carbonyl (C=O) groups is 1. The zero-order valence-electron chi connectivity index (χ0n) is 22.0. The largest absolute Gasteiger partial charge is 0.481 e. The van der Waals surface area contributed by atoms with Gasteiger partial charge in [-0.15, -0.1) is 0 Å². The molecule has 206 valence electrons. The summed E-state index contributed by atoms with van der Waals surface area (Å²) in [5.74, 6) is -0.502. The molecule has 3 saturated carbocycles. The Balaban J connectivity index is 1.21. The second-order valence-corrected chi connectivity index (χ2v) is 11.4. The molecule has 4 aliphatic rings. The maximum atomic E-state index is 13.0. The fourth-order valence-corrected chi connectivity index (χ4v) is 7.60. The number of benzene rings is 1. The Labute approximate surface area is 237 Å². The monoisotopic (exact) mass is 558 g/mol. The van der Waals surface area contributed by atoms with Crippen LogP contribution in [0.2, 0.25) is 5.15 Å². The summed E-state index contributed by atoms with van der Waals surface area (Å²) in [4.78, 5) is 36.3. The number of aromatic nitrogens is 5. The molecule has 3 aliphatic carbocycles. The van der Waals surface area contributed by atoms with Gasteiger partial charge in [0.1, 0.15) is 22.8 Å². The molecule has 4 aromatic rings. The molecule has 4 heterocycles. The predicted molar refractivity (Wildman–Crippen MR) is 152 cm³/mol. The number of nitrogens with one attached hydrogen (secondary N) is 1. The molecule has 5 atom stereocenters. The number of hydrogen-bond acceptors (Lipinski definition) is 8. The van der Waals surface area contributed by atoms with Crippen molar-refractivity contribution in [2.45, 2.75) is 31.2 Å². The Morgan fingerprint density at radius 2 is 1.90 bits per heavy atom. The third-order valence-corrected chi connectivity index (χ3v) is 9.27. The van der Waals surface area contributed by atoms with Crippen molar-refractivity contribution in [3.63, 3.8) is 0 Å². The van der Waals surface area contributed by atoms with E-state index in [1.807, 2.05) is 18.3 Å². The van der Waals surface area contributed by atoms with Crippen molar-refractivity contribution in [3.05, 3.63) is 72.0 Å². The van der Waals surface area contributed by atoms with Crippen molar-refractivity contribution in [2.75, 3.05) is 36.1 Å². The fraction of sp³-hybridized carbons (Fsp3) is 0.414. The maximum absolute atomic E-state index is 13.0. The third-order valence-electron chi connectivity index (χ3n) is 9.09. The standard InChI is InChI=1S/C29H31ClN8O2/c30-23-16-33-28-27(35-23)21(15-32-28)25-18-6-7-20(26(25)29(39)40)22(14-18)38(24-8-9-31-17-34-24)37-12-10-36(11-13-37)19-4-2-1-3-5-19/h1-5,8-9,15-18,20,22,25-26H,6-7,10-14H2,(H,32,33)(H,39,40)/t18?,20?,22?,25-,26-/m1/s1. The summed E-state index contributed by atoms with van der Waals surface area (Å²) in [6.45, 7) is 3.41. The number of aromatic amines is 1. The van der Waals surface area contributed by atoms with Crippen molar-refractivity contribution < 1.29 is 9.90 Å². The van der Waals surface area contributed by atoms with Crippen LogP contribution in [0.5, 0.6) is 0 Å². The Morgan fingerprint density at radius 3 is 2.65 bits per heavy atom. The topological polar surface area (TPSA) is 114 Å². The molecule has 40 heavy (non-hydrogen) atoms. The van der Waals surface area contributed by atoms with Crippen LogP contribution in [0, 0.1) is 17.8 Å². The van der Waals surface area contributed by atoms with Gasteiger partial charge in [0.15, 0.2) is 5.65 Å². The normalized spacial score (nSPS) is 26.7. The molecule has 0 spiro atoms. The van der Waals surface area contributed by atoms with Crippen molar-refractivity contribution in [2.24, 2.45) is 17.8 Å². The molecule has 0 radical (unpaired) electrons. The van der Waals surface area contributed by atoms with E-state index >= 15 is 0 Å². The molecular formula is C29H31ClN8O2. The summed E-state index contributed by atoms with van der Waals surface area (Å²) in [5.41, 5.74) is 3.46. The Bertz CT molecular complexity index is 1490. The van der Waals surface area contributed by atoms with Crippen LogP contribution in [0.3, 0.4) is 0 Å². The van der Waals surface area contributed by atoms with Crippen LogP contribution in [0.15, 0.2) is 61.3 Å². The van der Waals surface area contributed by atoms with Crippen molar-refractivity contribution in [1.82, 2.24) is 29.9 Å². The molecule has 10 nitrogen and oxygen atoms in total. The number of H-pyrrole nitrogens is 1. The summed E-state index contributed by atoms with van der Waals surface area (Å²) in [6, 6.07) is 12.4. The van der Waals surface area contributed by atoms with E-state index in [0.717, 1.165) is 56.8 Å². The lowest BCUT2D eigenvalue weighted by Gasteiger charge is -2.56. The van der Waals surface area contributed by atoms with E-state index in [0.29, 0.717) is 16.3 Å². The SMILES string of the molecule is O=C(O)[C@@H]1C2CCC(CC2N(c2ccncn2)N2CCN(c3ccccc3)CC2)[C@@H]1c1c[nH]c2ncc(Cl)nc12. The molecule has 3 aromatic heterocycles. The van der Waals surface area contributed by atoms with Gasteiger partial charge < -0.3 is 15.0 Å². The number of nitrogens with zero attached hydrogens (tertiary/aromatic N) is 7. The predicted octanol–water partition coefficient (Wildman–Crippen LogP) is 4.23. The van der Waals surface area contributed by atoms with E-state index in [9.17, 15) is 9.90 Å². The van der Waals surface area contributed by atoms with E-state index in [2.05, 4.69) is 64.1 Å². The molecule has 1 aliphatic heterocycles. The van der Waals surface area contributed by atoms with Gasteiger partial charge in [-0.2, -0.15) is 0 Å². The summed E-state index contributed by atoms with van der Waals surface area (Å²) in [6.07, 6.45) is 9.47. The zero-order chi connectivity index (χ0) is 27.2. The number of aliphatic carboxylic acids is 1. The van der Waals surface area contributed by atoms with E-state index < -0.39 is 11.9 Å². The van der Waals surface area contributed by atoms with Gasteiger partial charge in [0.2, 0.25) is 0 Å². The molecular weight excluding hydrogens is 528 g/mol. The maximum Gasteiger partial charge on any atom is 0.307 e.